The Kier molecular flexibility index (Phi) is 2.40. The van der Waals surface area contributed by atoms with Gasteiger partial charge < -0.3 is 0 Å². The topological polar surface area (TPSA) is 138 Å². The minimum absolute atomic E-state index is 0.363. The van der Waals surface area contributed by atoms with Gasteiger partial charge in [-0.05, 0) is 12.1 Å². The van der Waals surface area contributed by atoms with Crippen molar-refractivity contribution in [3.63, 3.8) is 0 Å². The summed E-state index contributed by atoms with van der Waals surface area (Å²) in [5.41, 5.74) is 0.0633. The zero-order valence-corrected chi connectivity index (χ0v) is 6.84. The fourth-order valence-electron chi connectivity index (χ4n) is 1.23. The third-order valence-electron chi connectivity index (χ3n) is 1.81. The molecule has 74 valence electrons. The molecule has 2 aliphatic carbocycles. The van der Waals surface area contributed by atoms with Gasteiger partial charge in [0.2, 0.25) is 0 Å². The second-order valence-electron chi connectivity index (χ2n) is 2.37. The molecule has 2 aliphatic rings. The summed E-state index contributed by atoms with van der Waals surface area (Å²) in [6.45, 7) is 0. The van der Waals surface area contributed by atoms with Crippen molar-refractivity contribution in [1.82, 2.24) is 0 Å². The molecule has 0 atom stereocenters. The van der Waals surface area contributed by atoms with Crippen molar-refractivity contribution in [2.24, 2.45) is 11.7 Å². The highest BCUT2D eigenvalue weighted by Gasteiger charge is 2.43. The van der Waals surface area contributed by atoms with Crippen molar-refractivity contribution < 1.29 is 9.85 Å². The summed E-state index contributed by atoms with van der Waals surface area (Å²) in [7, 11) is 0. The molecule has 2 rings (SSSR count). The summed E-state index contributed by atoms with van der Waals surface area (Å²) in [6.07, 6.45) is 0. The summed E-state index contributed by atoms with van der Waals surface area (Å²) in [5, 5.41) is 20.5. The molecule has 8 heteroatoms. The number of nitro groups is 2. The quantitative estimate of drug-likeness (QED) is 0.404. The fraction of sp³-hybridized carbons (Fsp3) is 0. The van der Waals surface area contributed by atoms with Gasteiger partial charge in [0.05, 0.1) is 21.0 Å². The number of nitrogens with two attached hydrogens (primary N) is 2. The Hall–Kier alpha value is -2.06. The van der Waals surface area contributed by atoms with Crippen molar-refractivity contribution in [2.45, 2.75) is 0 Å². The van der Waals surface area contributed by atoms with Crippen LogP contribution in [0.5, 0.6) is 0 Å². The Morgan fingerprint density at radius 2 is 1.21 bits per heavy atom. The highest BCUT2D eigenvalue weighted by atomic mass is 16.6. The van der Waals surface area contributed by atoms with E-state index in [0.717, 1.165) is 0 Å². The molecule has 8 nitrogen and oxygen atoms in total. The smallest absolute Gasteiger partial charge is 0.274 e. The third-order valence-corrected chi connectivity index (χ3v) is 1.81. The van der Waals surface area contributed by atoms with Gasteiger partial charge in [-0.25, -0.2) is 0 Å². The van der Waals surface area contributed by atoms with E-state index in [-0.39, 0.29) is 11.4 Å². The first-order valence-corrected chi connectivity index (χ1v) is 3.42. The summed E-state index contributed by atoms with van der Waals surface area (Å²) < 4.78 is 0. The number of benzene rings is 1. The van der Waals surface area contributed by atoms with Crippen LogP contribution in [0.15, 0.2) is 12.1 Å². The monoisotopic (exact) mass is 198 g/mol. The first-order chi connectivity index (χ1) is 6.63. The average molecular weight is 198 g/mol. The lowest BCUT2D eigenvalue weighted by molar-refractivity contribution is -0.424. The maximum absolute atomic E-state index is 10.3. The summed E-state index contributed by atoms with van der Waals surface area (Å²) in [6, 6.07) is 3.00. The SMILES string of the molecule is NN.O=[N+]([O-])c1c2ccc-2c1[N+](=O)[O-]. The molecule has 0 aromatic heterocycles. The van der Waals surface area contributed by atoms with Crippen LogP contribution in [0.3, 0.4) is 0 Å². The third kappa shape index (κ3) is 1.09. The number of fused-ring (bicyclic) bond motifs is 1. The van der Waals surface area contributed by atoms with Crippen LogP contribution in [0.4, 0.5) is 11.4 Å². The number of hydrazine groups is 1. The maximum Gasteiger partial charge on any atom is 0.354 e. The summed E-state index contributed by atoms with van der Waals surface area (Å²) >= 11 is 0. The Labute approximate surface area is 77.4 Å². The highest BCUT2D eigenvalue weighted by molar-refractivity contribution is 6.00. The highest BCUT2D eigenvalue weighted by Crippen LogP contribution is 2.53. The molecule has 4 N–H and O–H groups in total. The number of hydrogen-bond donors (Lipinski definition) is 2. The zero-order valence-electron chi connectivity index (χ0n) is 6.84. The van der Waals surface area contributed by atoms with E-state index in [1.165, 1.54) is 12.1 Å². The van der Waals surface area contributed by atoms with Crippen LogP contribution in [0, 0.1) is 20.2 Å². The van der Waals surface area contributed by atoms with E-state index < -0.39 is 9.85 Å². The van der Waals surface area contributed by atoms with Gasteiger partial charge in [-0.2, -0.15) is 0 Å². The first-order valence-electron chi connectivity index (χ1n) is 3.42. The number of nitrogens with zero attached hydrogens (tertiary/aromatic N) is 2. The molecule has 0 saturated carbocycles. The predicted octanol–water partition coefficient (Wildman–Crippen LogP) is 0.302. The standard InChI is InChI=1S/C6H2N2O4.H4N2/c9-7(10)5-3-1-2-4(3)6(5)8(11)12;1-2/h1-2H;1-2H2. The van der Waals surface area contributed by atoms with Crippen LogP contribution >= 0.6 is 0 Å². The Bertz CT molecular complexity index is 378. The molecule has 0 unspecified atom stereocenters. The second-order valence-corrected chi connectivity index (χ2v) is 2.37. The molecule has 0 aliphatic heterocycles. The van der Waals surface area contributed by atoms with E-state index >= 15 is 0 Å². The molecule has 0 aromatic rings. The van der Waals surface area contributed by atoms with E-state index in [2.05, 4.69) is 11.7 Å². The summed E-state index contributed by atoms with van der Waals surface area (Å²) in [4.78, 5) is 19.1. The molecule has 0 bridgehead atoms. The van der Waals surface area contributed by atoms with E-state index in [0.29, 0.717) is 11.1 Å². The van der Waals surface area contributed by atoms with E-state index in [4.69, 9.17) is 0 Å². The zero-order chi connectivity index (χ0) is 10.9. The minimum atomic E-state index is -0.722. The van der Waals surface area contributed by atoms with Gasteiger partial charge >= 0.3 is 11.4 Å². The van der Waals surface area contributed by atoms with Crippen molar-refractivity contribution in [3.05, 3.63) is 32.4 Å². The molecule has 0 amide bonds. The Balaban J connectivity index is 0.000000461. The van der Waals surface area contributed by atoms with Gasteiger partial charge in [-0.3, -0.25) is 31.9 Å². The van der Waals surface area contributed by atoms with E-state index in [9.17, 15) is 20.2 Å². The van der Waals surface area contributed by atoms with Crippen molar-refractivity contribution in [3.8, 4) is 11.1 Å². The molecule has 0 radical (unpaired) electrons. The van der Waals surface area contributed by atoms with E-state index in [1.807, 2.05) is 0 Å². The number of hydrogen-bond acceptors (Lipinski definition) is 6. The van der Waals surface area contributed by atoms with Crippen LogP contribution in [0.1, 0.15) is 0 Å². The number of nitro benzene ring substituents is 2. The van der Waals surface area contributed by atoms with Crippen molar-refractivity contribution >= 4 is 11.4 Å². The predicted molar refractivity (Wildman–Crippen MR) is 47.1 cm³/mol. The second kappa shape index (κ2) is 3.36. The first kappa shape index (κ1) is 10.0. The molecular weight excluding hydrogens is 192 g/mol. The van der Waals surface area contributed by atoms with Crippen molar-refractivity contribution in [1.29, 1.82) is 0 Å². The minimum Gasteiger partial charge on any atom is -0.274 e. The molecule has 0 saturated heterocycles. The van der Waals surface area contributed by atoms with Crippen LogP contribution in [-0.2, 0) is 0 Å². The van der Waals surface area contributed by atoms with Gasteiger partial charge in [-0.1, -0.05) is 0 Å². The van der Waals surface area contributed by atoms with Crippen LogP contribution in [-0.4, -0.2) is 9.85 Å². The van der Waals surface area contributed by atoms with Crippen LogP contribution in [0.25, 0.3) is 11.1 Å². The lowest BCUT2D eigenvalue weighted by Gasteiger charge is -2.14. The molecule has 0 heterocycles. The van der Waals surface area contributed by atoms with Gasteiger partial charge in [0.1, 0.15) is 0 Å². The fourth-order valence-corrected chi connectivity index (χ4v) is 1.23. The number of rotatable bonds is 2. The molecule has 14 heavy (non-hydrogen) atoms. The van der Waals surface area contributed by atoms with Gasteiger partial charge in [-0.15, -0.1) is 0 Å². The lowest BCUT2D eigenvalue weighted by atomic mass is 9.88. The van der Waals surface area contributed by atoms with Gasteiger partial charge in [0.25, 0.3) is 0 Å². The average Bonchev–Trinajstić information content (AvgIpc) is 2.10. The van der Waals surface area contributed by atoms with E-state index in [1.54, 1.807) is 0 Å². The summed E-state index contributed by atoms with van der Waals surface area (Å²) in [5.74, 6) is 8.00. The van der Waals surface area contributed by atoms with Gasteiger partial charge in [0, 0.05) is 0 Å². The van der Waals surface area contributed by atoms with Gasteiger partial charge in [0.15, 0.2) is 0 Å². The maximum atomic E-state index is 10.3. The lowest BCUT2D eigenvalue weighted by Crippen LogP contribution is -2.08. The molecule has 0 aromatic carbocycles. The normalized spacial score (nSPS) is 9.86. The van der Waals surface area contributed by atoms with Crippen LogP contribution in [0.2, 0.25) is 0 Å². The molecule has 0 fully saturated rings. The molecular formula is C6H6N4O4. The Morgan fingerprint density at radius 1 is 0.929 bits per heavy atom. The largest absolute Gasteiger partial charge is 0.354 e. The molecule has 0 spiro atoms. The van der Waals surface area contributed by atoms with Crippen LogP contribution < -0.4 is 11.7 Å². The Morgan fingerprint density at radius 3 is 1.36 bits per heavy atom. The van der Waals surface area contributed by atoms with Crippen molar-refractivity contribution in [2.75, 3.05) is 0 Å².